The monoisotopic (exact) mass is 295 g/mol. The molecule has 112 valence electrons. The molecule has 1 aliphatic heterocycles. The van der Waals surface area contributed by atoms with E-state index in [9.17, 15) is 0 Å². The molecule has 0 N–H and O–H groups in total. The predicted molar refractivity (Wildman–Crippen MR) is 84.0 cm³/mol. The smallest absolute Gasteiger partial charge is 0.398 e. The lowest BCUT2D eigenvalue weighted by molar-refractivity contribution is 0.00578. The van der Waals surface area contributed by atoms with Gasteiger partial charge in [-0.2, -0.15) is 5.26 Å². The van der Waals surface area contributed by atoms with Gasteiger partial charge in [-0.15, -0.1) is 0 Å². The fraction of sp³-hybridized carbons (Fsp3) is 0.375. The Morgan fingerprint density at radius 1 is 1.09 bits per heavy atom. The molecule has 22 heavy (non-hydrogen) atoms. The van der Waals surface area contributed by atoms with Crippen LogP contribution in [0, 0.1) is 11.3 Å². The quantitative estimate of drug-likeness (QED) is 0.796. The number of hydrogen-bond acceptors (Lipinski definition) is 4. The molecule has 1 aromatic carbocycles. The highest BCUT2D eigenvalue weighted by atomic mass is 16.7. The summed E-state index contributed by atoms with van der Waals surface area (Å²) in [6.45, 7) is 8.07. The maximum Gasteiger partial charge on any atom is 0.516 e. The van der Waals surface area contributed by atoms with Gasteiger partial charge in [-0.3, -0.25) is 0 Å². The van der Waals surface area contributed by atoms with Crippen LogP contribution in [0.1, 0.15) is 33.3 Å². The molecule has 1 saturated heterocycles. The molecule has 0 bridgehead atoms. The number of imidazole rings is 1. The topological polar surface area (TPSA) is 60.1 Å². The highest BCUT2D eigenvalue weighted by molar-refractivity contribution is 6.61. The van der Waals surface area contributed by atoms with Gasteiger partial charge in [0.25, 0.3) is 0 Å². The highest BCUT2D eigenvalue weighted by Gasteiger charge is 2.52. The van der Waals surface area contributed by atoms with E-state index in [0.717, 1.165) is 11.3 Å². The van der Waals surface area contributed by atoms with Crippen molar-refractivity contribution in [1.82, 2.24) is 9.55 Å². The first kappa shape index (κ1) is 14.8. The molecule has 1 aromatic heterocycles. The number of rotatable bonds is 2. The first-order chi connectivity index (χ1) is 10.3. The van der Waals surface area contributed by atoms with Crippen LogP contribution in [-0.4, -0.2) is 27.9 Å². The Morgan fingerprint density at radius 2 is 1.68 bits per heavy atom. The molecular formula is C16H18BN3O2. The number of nitrogens with zero attached hydrogens (tertiary/aromatic N) is 3. The van der Waals surface area contributed by atoms with Crippen LogP contribution in [0.15, 0.2) is 36.8 Å². The number of nitriles is 1. The Balaban J connectivity index is 1.84. The molecule has 2 aromatic rings. The van der Waals surface area contributed by atoms with E-state index in [0.29, 0.717) is 5.56 Å². The van der Waals surface area contributed by atoms with Gasteiger partial charge in [0.15, 0.2) is 0 Å². The Kier molecular flexibility index (Phi) is 3.35. The van der Waals surface area contributed by atoms with Crippen LogP contribution in [0.4, 0.5) is 0 Å². The zero-order valence-electron chi connectivity index (χ0n) is 13.2. The third-order valence-electron chi connectivity index (χ3n) is 4.39. The summed E-state index contributed by atoms with van der Waals surface area (Å²) in [6, 6.07) is 9.44. The molecule has 1 aliphatic rings. The lowest BCUT2D eigenvalue weighted by Crippen LogP contribution is -2.41. The maximum atomic E-state index is 8.84. The largest absolute Gasteiger partial charge is 0.516 e. The van der Waals surface area contributed by atoms with E-state index in [-0.39, 0.29) is 11.2 Å². The van der Waals surface area contributed by atoms with Gasteiger partial charge in [-0.05, 0) is 52.0 Å². The van der Waals surface area contributed by atoms with Crippen molar-refractivity contribution in [3.05, 3.63) is 42.4 Å². The number of hydrogen-bond donors (Lipinski definition) is 0. The summed E-state index contributed by atoms with van der Waals surface area (Å²) in [7, 11) is -0.468. The molecule has 6 heteroatoms. The summed E-state index contributed by atoms with van der Waals surface area (Å²) in [5.41, 5.74) is 1.55. The SMILES string of the molecule is CC1(C)OB(c2cn(-c3ccc(C#N)cc3)cn2)OC1(C)C. The van der Waals surface area contributed by atoms with Crippen LogP contribution in [-0.2, 0) is 9.31 Å². The van der Waals surface area contributed by atoms with Crippen LogP contribution < -0.4 is 5.59 Å². The average molecular weight is 295 g/mol. The zero-order valence-corrected chi connectivity index (χ0v) is 13.2. The summed E-state index contributed by atoms with van der Waals surface area (Å²) in [5, 5.41) is 8.84. The number of benzene rings is 1. The van der Waals surface area contributed by atoms with Crippen molar-refractivity contribution in [1.29, 1.82) is 5.26 Å². The zero-order chi connectivity index (χ0) is 16.0. The normalized spacial score (nSPS) is 19.1. The van der Waals surface area contributed by atoms with Gasteiger partial charge < -0.3 is 13.9 Å². The Morgan fingerprint density at radius 3 is 2.23 bits per heavy atom. The number of aromatic nitrogens is 2. The molecule has 3 rings (SSSR count). The van der Waals surface area contributed by atoms with E-state index >= 15 is 0 Å². The van der Waals surface area contributed by atoms with Crippen LogP contribution in [0.2, 0.25) is 0 Å². The van der Waals surface area contributed by atoms with Crippen LogP contribution in [0.3, 0.4) is 0 Å². The van der Waals surface area contributed by atoms with Crippen molar-refractivity contribution in [3.8, 4) is 11.8 Å². The summed E-state index contributed by atoms with van der Waals surface area (Å²) < 4.78 is 13.9. The third-order valence-corrected chi connectivity index (χ3v) is 4.39. The van der Waals surface area contributed by atoms with Crippen molar-refractivity contribution in [2.75, 3.05) is 0 Å². The minimum absolute atomic E-state index is 0.379. The second-order valence-electron chi connectivity index (χ2n) is 6.45. The van der Waals surface area contributed by atoms with Crippen molar-refractivity contribution >= 4 is 12.7 Å². The minimum atomic E-state index is -0.468. The van der Waals surface area contributed by atoms with Crippen molar-refractivity contribution in [3.63, 3.8) is 0 Å². The van der Waals surface area contributed by atoms with E-state index in [1.54, 1.807) is 18.5 Å². The molecular weight excluding hydrogens is 277 g/mol. The lowest BCUT2D eigenvalue weighted by atomic mass is 9.86. The van der Waals surface area contributed by atoms with Gasteiger partial charge in [0, 0.05) is 11.9 Å². The fourth-order valence-corrected chi connectivity index (χ4v) is 2.27. The molecule has 1 fully saturated rings. The van der Waals surface area contributed by atoms with Crippen molar-refractivity contribution in [2.24, 2.45) is 0 Å². The standard InChI is InChI=1S/C16H18BN3O2/c1-15(2)16(3,4)22-17(21-15)14-10-20(11-19-14)13-7-5-12(9-18)6-8-13/h5-8,10-11H,1-4H3. The van der Waals surface area contributed by atoms with Crippen molar-refractivity contribution < 1.29 is 9.31 Å². The summed E-state index contributed by atoms with van der Waals surface area (Å²) >= 11 is 0. The minimum Gasteiger partial charge on any atom is -0.398 e. The summed E-state index contributed by atoms with van der Waals surface area (Å²) in [5.74, 6) is 0. The van der Waals surface area contributed by atoms with Gasteiger partial charge in [-0.1, -0.05) is 0 Å². The van der Waals surface area contributed by atoms with Gasteiger partial charge in [0.1, 0.15) is 0 Å². The highest BCUT2D eigenvalue weighted by Crippen LogP contribution is 2.36. The van der Waals surface area contributed by atoms with E-state index in [2.05, 4.69) is 11.1 Å². The van der Waals surface area contributed by atoms with E-state index < -0.39 is 7.12 Å². The third kappa shape index (κ3) is 2.43. The lowest BCUT2D eigenvalue weighted by Gasteiger charge is -2.32. The molecule has 0 atom stereocenters. The Bertz CT molecular complexity index is 713. The molecule has 0 radical (unpaired) electrons. The van der Waals surface area contributed by atoms with Crippen LogP contribution in [0.25, 0.3) is 5.69 Å². The fourth-order valence-electron chi connectivity index (χ4n) is 2.27. The first-order valence-corrected chi connectivity index (χ1v) is 7.22. The van der Waals surface area contributed by atoms with E-state index in [1.807, 2.05) is 50.6 Å². The van der Waals surface area contributed by atoms with Gasteiger partial charge in [0.05, 0.1) is 34.8 Å². The summed E-state index contributed by atoms with van der Waals surface area (Å²) in [6.07, 6.45) is 3.62. The van der Waals surface area contributed by atoms with Crippen molar-refractivity contribution in [2.45, 2.75) is 38.9 Å². The molecule has 2 heterocycles. The second kappa shape index (κ2) is 4.97. The molecule has 0 aliphatic carbocycles. The van der Waals surface area contributed by atoms with Gasteiger partial charge in [-0.25, -0.2) is 4.98 Å². The molecule has 0 amide bonds. The Hall–Kier alpha value is -2.10. The average Bonchev–Trinajstić information content (AvgIpc) is 3.03. The predicted octanol–water partition coefficient (Wildman–Crippen LogP) is 2.04. The van der Waals surface area contributed by atoms with Gasteiger partial charge >= 0.3 is 7.12 Å². The van der Waals surface area contributed by atoms with Crippen LogP contribution in [0.5, 0.6) is 0 Å². The molecule has 0 spiro atoms. The summed E-state index contributed by atoms with van der Waals surface area (Å²) in [4.78, 5) is 4.40. The molecule has 0 saturated carbocycles. The first-order valence-electron chi connectivity index (χ1n) is 7.22. The molecule has 0 unspecified atom stereocenters. The second-order valence-corrected chi connectivity index (χ2v) is 6.45. The Labute approximate surface area is 130 Å². The van der Waals surface area contributed by atoms with E-state index in [4.69, 9.17) is 14.6 Å². The maximum absolute atomic E-state index is 8.84. The molecule has 5 nitrogen and oxygen atoms in total. The van der Waals surface area contributed by atoms with E-state index in [1.165, 1.54) is 0 Å². The van der Waals surface area contributed by atoms with Gasteiger partial charge in [0.2, 0.25) is 0 Å². The van der Waals surface area contributed by atoms with Crippen LogP contribution >= 0.6 is 0 Å².